The number of rotatable bonds is 0. The molecule has 9 heavy (non-hydrogen) atoms. The van der Waals surface area contributed by atoms with E-state index in [1.807, 2.05) is 0 Å². The van der Waals surface area contributed by atoms with Crippen molar-refractivity contribution in [2.45, 2.75) is 36.4 Å². The van der Waals surface area contributed by atoms with Crippen molar-refractivity contribution in [2.24, 2.45) is 0 Å². The molecule has 3 atom stereocenters. The van der Waals surface area contributed by atoms with Crippen LogP contribution in [0.1, 0.15) is 19.3 Å². The lowest BCUT2D eigenvalue weighted by atomic mass is 9.97. The van der Waals surface area contributed by atoms with E-state index < -0.39 is 12.3 Å². The van der Waals surface area contributed by atoms with E-state index in [1.54, 1.807) is 0 Å². The van der Waals surface area contributed by atoms with Crippen LogP contribution in [-0.2, 0) is 0 Å². The van der Waals surface area contributed by atoms with Gasteiger partial charge in [0.05, 0.1) is 0 Å². The second kappa shape index (κ2) is 2.95. The second-order valence-corrected chi connectivity index (χ2v) is 3.74. The Morgan fingerprint density at radius 2 is 1.78 bits per heavy atom. The Hall–Kier alpha value is 0.340. The molecule has 0 aromatic heterocycles. The lowest BCUT2D eigenvalue weighted by Crippen LogP contribution is -2.27. The molecule has 1 rings (SSSR count). The highest BCUT2D eigenvalue weighted by molar-refractivity contribution is 9.09. The fourth-order valence-corrected chi connectivity index (χ4v) is 1.65. The summed E-state index contributed by atoms with van der Waals surface area (Å²) in [6.07, 6.45) is -0.971. The van der Waals surface area contributed by atoms with Gasteiger partial charge in [-0.1, -0.05) is 15.9 Å². The molecule has 0 aromatic rings. The van der Waals surface area contributed by atoms with Crippen LogP contribution in [0.2, 0.25) is 0 Å². The Morgan fingerprint density at radius 1 is 1.11 bits per heavy atom. The summed E-state index contributed by atoms with van der Waals surface area (Å²) in [6, 6.07) is 0. The number of alkyl halides is 3. The zero-order chi connectivity index (χ0) is 6.85. The molecule has 0 amide bonds. The maximum atomic E-state index is 12.4. The van der Waals surface area contributed by atoms with Gasteiger partial charge >= 0.3 is 0 Å². The second-order valence-electron chi connectivity index (χ2n) is 2.44. The highest BCUT2D eigenvalue weighted by atomic mass is 79.9. The van der Waals surface area contributed by atoms with Crippen molar-refractivity contribution in [3.63, 3.8) is 0 Å². The minimum atomic E-state index is -1.23. The average Bonchev–Trinajstić information content (AvgIpc) is 1.80. The number of halogens is 3. The van der Waals surface area contributed by atoms with Gasteiger partial charge in [0.1, 0.15) is 12.3 Å². The molecule has 0 saturated heterocycles. The molecular weight excluding hydrogens is 190 g/mol. The van der Waals surface area contributed by atoms with Gasteiger partial charge in [-0.3, -0.25) is 0 Å². The molecule has 54 valence electrons. The number of hydrogen-bond donors (Lipinski definition) is 0. The van der Waals surface area contributed by atoms with Gasteiger partial charge < -0.3 is 0 Å². The Bertz CT molecular complexity index is 97.1. The molecule has 0 heterocycles. The van der Waals surface area contributed by atoms with E-state index in [0.717, 1.165) is 6.42 Å². The summed E-state index contributed by atoms with van der Waals surface area (Å²) in [5.41, 5.74) is 0. The first-order chi connectivity index (χ1) is 4.20. The maximum Gasteiger partial charge on any atom is 0.132 e. The van der Waals surface area contributed by atoms with Crippen molar-refractivity contribution in [3.8, 4) is 0 Å². The summed E-state index contributed by atoms with van der Waals surface area (Å²) in [4.78, 5) is 0.194. The van der Waals surface area contributed by atoms with Gasteiger partial charge in [0.25, 0.3) is 0 Å². The minimum absolute atomic E-state index is 0.194. The van der Waals surface area contributed by atoms with Crippen molar-refractivity contribution in [1.82, 2.24) is 0 Å². The highest BCUT2D eigenvalue weighted by Gasteiger charge is 2.28. The molecular formula is C6H9BrF2. The molecule has 0 aliphatic heterocycles. The Morgan fingerprint density at radius 3 is 2.22 bits per heavy atom. The minimum Gasteiger partial charge on any atom is -0.244 e. The molecule has 1 aliphatic carbocycles. The van der Waals surface area contributed by atoms with Crippen LogP contribution in [-0.4, -0.2) is 17.2 Å². The van der Waals surface area contributed by atoms with Gasteiger partial charge in [0, 0.05) is 4.83 Å². The summed E-state index contributed by atoms with van der Waals surface area (Å²) >= 11 is 3.25. The van der Waals surface area contributed by atoms with Gasteiger partial charge in [-0.25, -0.2) is 8.78 Å². The van der Waals surface area contributed by atoms with E-state index >= 15 is 0 Å². The van der Waals surface area contributed by atoms with Crippen LogP contribution in [0.3, 0.4) is 0 Å². The van der Waals surface area contributed by atoms with Crippen LogP contribution >= 0.6 is 15.9 Å². The molecule has 0 N–H and O–H groups in total. The van der Waals surface area contributed by atoms with E-state index in [0.29, 0.717) is 12.8 Å². The van der Waals surface area contributed by atoms with Gasteiger partial charge in [0.2, 0.25) is 0 Å². The highest BCUT2D eigenvalue weighted by Crippen LogP contribution is 2.28. The van der Waals surface area contributed by atoms with Crippen molar-refractivity contribution in [2.75, 3.05) is 0 Å². The molecule has 0 radical (unpaired) electrons. The van der Waals surface area contributed by atoms with E-state index in [1.165, 1.54) is 0 Å². The van der Waals surface area contributed by atoms with E-state index in [4.69, 9.17) is 0 Å². The maximum absolute atomic E-state index is 12.4. The van der Waals surface area contributed by atoms with Crippen molar-refractivity contribution in [3.05, 3.63) is 0 Å². The third-order valence-corrected chi connectivity index (χ3v) is 2.46. The molecule has 0 aromatic carbocycles. The summed E-state index contributed by atoms with van der Waals surface area (Å²) in [5, 5.41) is 0. The van der Waals surface area contributed by atoms with E-state index in [2.05, 4.69) is 15.9 Å². The van der Waals surface area contributed by atoms with Crippen LogP contribution in [0.5, 0.6) is 0 Å². The first-order valence-electron chi connectivity index (χ1n) is 3.12. The van der Waals surface area contributed by atoms with Crippen molar-refractivity contribution < 1.29 is 8.78 Å². The first-order valence-corrected chi connectivity index (χ1v) is 4.04. The molecule has 0 spiro atoms. The third-order valence-electron chi connectivity index (χ3n) is 1.63. The van der Waals surface area contributed by atoms with Gasteiger partial charge in [-0.05, 0) is 19.3 Å². The monoisotopic (exact) mass is 198 g/mol. The van der Waals surface area contributed by atoms with Crippen LogP contribution in [0.4, 0.5) is 8.78 Å². The van der Waals surface area contributed by atoms with Crippen LogP contribution in [0.15, 0.2) is 0 Å². The molecule has 1 saturated carbocycles. The first kappa shape index (κ1) is 7.45. The summed E-state index contributed by atoms with van der Waals surface area (Å²) in [6.45, 7) is 0. The molecule has 1 fully saturated rings. The SMILES string of the molecule is FC1CCC(Br)CC1F. The predicted octanol–water partition coefficient (Wildman–Crippen LogP) is 2.61. The molecule has 0 nitrogen and oxygen atoms in total. The normalized spacial score (nSPS) is 45.0. The average molecular weight is 199 g/mol. The van der Waals surface area contributed by atoms with Gasteiger partial charge in [-0.15, -0.1) is 0 Å². The smallest absolute Gasteiger partial charge is 0.132 e. The lowest BCUT2D eigenvalue weighted by Gasteiger charge is -2.22. The van der Waals surface area contributed by atoms with Crippen molar-refractivity contribution in [1.29, 1.82) is 0 Å². The van der Waals surface area contributed by atoms with Crippen molar-refractivity contribution >= 4 is 15.9 Å². The molecule has 1 aliphatic rings. The topological polar surface area (TPSA) is 0 Å². The third kappa shape index (κ3) is 1.88. The summed E-state index contributed by atoms with van der Waals surface area (Å²) < 4.78 is 24.8. The Balaban J connectivity index is 2.35. The Kier molecular flexibility index (Phi) is 2.44. The lowest BCUT2D eigenvalue weighted by molar-refractivity contribution is 0.123. The van der Waals surface area contributed by atoms with Crippen LogP contribution in [0, 0.1) is 0 Å². The zero-order valence-corrected chi connectivity index (χ0v) is 6.57. The fraction of sp³-hybridized carbons (Fsp3) is 1.00. The van der Waals surface area contributed by atoms with Crippen LogP contribution in [0.25, 0.3) is 0 Å². The zero-order valence-electron chi connectivity index (χ0n) is 4.99. The molecule has 0 bridgehead atoms. The predicted molar refractivity (Wildman–Crippen MR) is 36.4 cm³/mol. The molecule has 3 unspecified atom stereocenters. The van der Waals surface area contributed by atoms with Gasteiger partial charge in [0.15, 0.2) is 0 Å². The van der Waals surface area contributed by atoms with Crippen LogP contribution < -0.4 is 0 Å². The molecule has 3 heteroatoms. The fourth-order valence-electron chi connectivity index (χ4n) is 1.03. The summed E-state index contributed by atoms with van der Waals surface area (Å²) in [5.74, 6) is 0. The standard InChI is InChI=1S/C6H9BrF2/c7-4-1-2-5(8)6(9)3-4/h4-6H,1-3H2. The Labute approximate surface area is 61.8 Å². The number of hydrogen-bond acceptors (Lipinski definition) is 0. The van der Waals surface area contributed by atoms with Gasteiger partial charge in [-0.2, -0.15) is 0 Å². The summed E-state index contributed by atoms with van der Waals surface area (Å²) in [7, 11) is 0. The van der Waals surface area contributed by atoms with E-state index in [9.17, 15) is 8.78 Å². The van der Waals surface area contributed by atoms with E-state index in [-0.39, 0.29) is 4.83 Å². The quantitative estimate of drug-likeness (QED) is 0.526. The largest absolute Gasteiger partial charge is 0.244 e.